The second-order valence-corrected chi connectivity index (χ2v) is 10.8. The molecule has 3 rings (SSSR count). The average Bonchev–Trinajstić information content (AvgIpc) is 2.95. The van der Waals surface area contributed by atoms with E-state index in [9.17, 15) is 14.4 Å². The number of hydrazone groups is 1. The minimum Gasteiger partial charge on any atom is -0.467 e. The molecule has 3 aromatic carbocycles. The van der Waals surface area contributed by atoms with Gasteiger partial charge in [0.2, 0.25) is 0 Å². The van der Waals surface area contributed by atoms with Gasteiger partial charge in [-0.1, -0.05) is 91.0 Å². The molecule has 0 aliphatic rings. The van der Waals surface area contributed by atoms with Crippen molar-refractivity contribution < 1.29 is 28.6 Å². The summed E-state index contributed by atoms with van der Waals surface area (Å²) in [5, 5.41) is 6.44. The Bertz CT molecular complexity index is 1170. The maximum atomic E-state index is 13.7. The van der Waals surface area contributed by atoms with Crippen molar-refractivity contribution in [3.05, 3.63) is 91.0 Å². The van der Waals surface area contributed by atoms with E-state index in [2.05, 4.69) is 15.3 Å². The normalized spacial score (nSPS) is 11.9. The number of benzene rings is 3. The van der Waals surface area contributed by atoms with E-state index >= 15 is 0 Å². The molecule has 0 aliphatic heterocycles. The highest BCUT2D eigenvalue weighted by Crippen LogP contribution is 2.47. The number of hydrogen-bond acceptors (Lipinski definition) is 8. The molecule has 0 bridgehead atoms. The fourth-order valence-electron chi connectivity index (χ4n) is 3.93. The zero-order valence-corrected chi connectivity index (χ0v) is 21.1. The standard InChI is InChI=1S/C27H27N2O6P/c1-33-23(30)19-28-29-24(26(31)34-2)25(27(32)35-3)36(20-13-7-4-8-14-20,21-15-9-5-10-16-21)22-17-11-6-12-18-22/h4-19,24,29H,1-3H3/b28-19+. The quantitative estimate of drug-likeness (QED) is 0.155. The summed E-state index contributed by atoms with van der Waals surface area (Å²) in [6, 6.07) is 27.0. The zero-order valence-electron chi connectivity index (χ0n) is 20.2. The predicted octanol–water partition coefficient (Wildman–Crippen LogP) is 1.62. The van der Waals surface area contributed by atoms with Crippen molar-refractivity contribution in [1.82, 2.24) is 5.43 Å². The van der Waals surface area contributed by atoms with Crippen LogP contribution in [0, 0.1) is 0 Å². The summed E-state index contributed by atoms with van der Waals surface area (Å²) in [5.41, 5.74) is 2.65. The van der Waals surface area contributed by atoms with E-state index in [0.717, 1.165) is 22.1 Å². The Kier molecular flexibility index (Phi) is 9.19. The first kappa shape index (κ1) is 26.4. The summed E-state index contributed by atoms with van der Waals surface area (Å²) in [5.74, 6) is -2.22. The Labute approximate surface area is 209 Å². The molecule has 3 aromatic rings. The molecule has 0 saturated heterocycles. The van der Waals surface area contributed by atoms with Gasteiger partial charge in [-0.2, -0.15) is 5.10 Å². The van der Waals surface area contributed by atoms with Crippen molar-refractivity contribution in [1.29, 1.82) is 0 Å². The number of rotatable bonds is 9. The first-order valence-electron chi connectivity index (χ1n) is 11.0. The molecule has 0 aliphatic carbocycles. The van der Waals surface area contributed by atoms with Crippen LogP contribution in [0.15, 0.2) is 96.1 Å². The fraction of sp³-hybridized carbons (Fsp3) is 0.148. The summed E-state index contributed by atoms with van der Waals surface area (Å²) < 4.78 is 14.9. The summed E-state index contributed by atoms with van der Waals surface area (Å²) >= 11 is 0. The van der Waals surface area contributed by atoms with E-state index in [1.165, 1.54) is 21.3 Å². The number of esters is 3. The molecule has 0 fully saturated rings. The van der Waals surface area contributed by atoms with Crippen LogP contribution in [0.2, 0.25) is 0 Å². The van der Waals surface area contributed by atoms with Crippen molar-refractivity contribution in [2.24, 2.45) is 5.10 Å². The topological polar surface area (TPSA) is 103 Å². The van der Waals surface area contributed by atoms with Gasteiger partial charge in [0, 0.05) is 0 Å². The summed E-state index contributed by atoms with van der Waals surface area (Å²) in [6.07, 6.45) is 0.874. The average molecular weight is 506 g/mol. The smallest absolute Gasteiger partial charge is 0.350 e. The molecule has 0 heterocycles. The first-order valence-corrected chi connectivity index (χ1v) is 12.8. The molecule has 0 amide bonds. The van der Waals surface area contributed by atoms with Crippen LogP contribution in [0.5, 0.6) is 0 Å². The van der Waals surface area contributed by atoms with Crippen molar-refractivity contribution in [3.8, 4) is 0 Å². The largest absolute Gasteiger partial charge is 0.467 e. The third kappa shape index (κ3) is 5.39. The number of ether oxygens (including phenoxy) is 3. The van der Waals surface area contributed by atoms with Gasteiger partial charge in [-0.3, -0.25) is 5.43 Å². The minimum atomic E-state index is -3.04. The number of nitrogens with zero attached hydrogens (tertiary/aromatic N) is 1. The van der Waals surface area contributed by atoms with Gasteiger partial charge in [0.1, 0.15) is 6.21 Å². The molecular formula is C27H27N2O6P. The van der Waals surface area contributed by atoms with Crippen molar-refractivity contribution in [2.75, 3.05) is 21.3 Å². The van der Waals surface area contributed by atoms with Crippen molar-refractivity contribution >= 4 is 52.2 Å². The molecule has 8 nitrogen and oxygen atoms in total. The summed E-state index contributed by atoms with van der Waals surface area (Å²) in [4.78, 5) is 38.5. The molecule has 0 aromatic heterocycles. The van der Waals surface area contributed by atoms with E-state index < -0.39 is 30.8 Å². The van der Waals surface area contributed by atoms with E-state index in [4.69, 9.17) is 9.47 Å². The Morgan fingerprint density at radius 1 is 0.722 bits per heavy atom. The molecule has 9 heteroatoms. The molecule has 0 saturated carbocycles. The third-order valence-electron chi connectivity index (χ3n) is 5.47. The van der Waals surface area contributed by atoms with Gasteiger partial charge in [0.25, 0.3) is 0 Å². The van der Waals surface area contributed by atoms with E-state index in [1.54, 1.807) is 0 Å². The molecule has 1 N–H and O–H groups in total. The Morgan fingerprint density at radius 2 is 1.17 bits per heavy atom. The summed E-state index contributed by atoms with van der Waals surface area (Å²) in [7, 11) is 3.67. The maximum absolute atomic E-state index is 13.7. The number of carbonyl (C=O) groups is 3. The highest BCUT2D eigenvalue weighted by Gasteiger charge is 2.41. The second-order valence-electron chi connectivity index (χ2n) is 7.42. The first-order chi connectivity index (χ1) is 17.5. The van der Waals surface area contributed by atoms with Crippen LogP contribution in [-0.4, -0.2) is 56.8 Å². The van der Waals surface area contributed by atoms with Gasteiger partial charge in [-0.15, -0.1) is 0 Å². The number of hydrogen-bond donors (Lipinski definition) is 1. The van der Waals surface area contributed by atoms with Crippen LogP contribution in [0.4, 0.5) is 0 Å². The van der Waals surface area contributed by atoms with Crippen LogP contribution in [-0.2, 0) is 28.6 Å². The lowest BCUT2D eigenvalue weighted by Crippen LogP contribution is -2.49. The number of methoxy groups -OCH3 is 3. The Balaban J connectivity index is 2.57. The van der Waals surface area contributed by atoms with Crippen LogP contribution in [0.25, 0.3) is 0 Å². The van der Waals surface area contributed by atoms with Gasteiger partial charge in [0.15, 0.2) is 6.04 Å². The molecule has 0 radical (unpaired) electrons. The molecular weight excluding hydrogens is 479 g/mol. The van der Waals surface area contributed by atoms with Crippen molar-refractivity contribution in [2.45, 2.75) is 6.04 Å². The van der Waals surface area contributed by atoms with Gasteiger partial charge in [0.05, 0.1) is 26.6 Å². The van der Waals surface area contributed by atoms with Crippen molar-refractivity contribution in [3.63, 3.8) is 0 Å². The highest BCUT2D eigenvalue weighted by molar-refractivity contribution is 7.96. The lowest BCUT2D eigenvalue weighted by Gasteiger charge is -2.34. The van der Waals surface area contributed by atoms with Gasteiger partial charge >= 0.3 is 17.9 Å². The van der Waals surface area contributed by atoms with Crippen LogP contribution < -0.4 is 21.3 Å². The zero-order chi connectivity index (χ0) is 26.0. The molecule has 1 atom stereocenters. The van der Waals surface area contributed by atoms with E-state index in [0.29, 0.717) is 0 Å². The highest BCUT2D eigenvalue weighted by atomic mass is 31.2. The van der Waals surface area contributed by atoms with Crippen LogP contribution in [0.3, 0.4) is 0 Å². The van der Waals surface area contributed by atoms with Crippen LogP contribution >= 0.6 is 6.89 Å². The van der Waals surface area contributed by atoms with Crippen LogP contribution in [0.1, 0.15) is 0 Å². The van der Waals surface area contributed by atoms with E-state index in [-0.39, 0.29) is 5.29 Å². The fourth-order valence-corrected chi connectivity index (χ4v) is 8.44. The second kappa shape index (κ2) is 12.5. The molecule has 0 spiro atoms. The van der Waals surface area contributed by atoms with Gasteiger partial charge < -0.3 is 14.2 Å². The lowest BCUT2D eigenvalue weighted by atomic mass is 10.2. The van der Waals surface area contributed by atoms with E-state index in [1.807, 2.05) is 91.0 Å². The SMILES string of the molecule is COC(=O)/C=N/NC(C(=O)OC)C(C(=O)OC)=P(c1ccccc1)(c1ccccc1)c1ccccc1. The van der Waals surface area contributed by atoms with Gasteiger partial charge in [-0.25, -0.2) is 14.4 Å². The monoisotopic (exact) mass is 506 g/mol. The maximum Gasteiger partial charge on any atom is 0.350 e. The summed E-state index contributed by atoms with van der Waals surface area (Å²) in [6.45, 7) is -3.04. The minimum absolute atomic E-state index is 0.113. The molecule has 186 valence electrons. The number of nitrogens with one attached hydrogen (secondary N) is 1. The Hall–Kier alpha value is -4.16. The van der Waals surface area contributed by atoms with Gasteiger partial charge in [-0.05, 0) is 22.8 Å². The third-order valence-corrected chi connectivity index (χ3v) is 9.85. The lowest BCUT2D eigenvalue weighted by molar-refractivity contribution is -0.142. The Morgan fingerprint density at radius 3 is 1.53 bits per heavy atom. The number of carbonyl (C=O) groups excluding carboxylic acids is 3. The molecule has 1 unspecified atom stereocenters. The predicted molar refractivity (Wildman–Crippen MR) is 142 cm³/mol. The molecule has 36 heavy (non-hydrogen) atoms.